The summed E-state index contributed by atoms with van der Waals surface area (Å²) in [7, 11) is 0. The molecule has 0 heterocycles. The van der Waals surface area contributed by atoms with Crippen LogP contribution in [-0.2, 0) is 6.42 Å². The van der Waals surface area contributed by atoms with Gasteiger partial charge in [-0.15, -0.1) is 0 Å². The topological polar surface area (TPSA) is 12.0 Å². The van der Waals surface area contributed by atoms with Gasteiger partial charge in [0.05, 0.1) is 8.95 Å². The van der Waals surface area contributed by atoms with E-state index in [1.54, 1.807) is 24.3 Å². The summed E-state index contributed by atoms with van der Waals surface area (Å²) >= 11 is 6.46. The van der Waals surface area contributed by atoms with Gasteiger partial charge >= 0.3 is 0 Å². The summed E-state index contributed by atoms with van der Waals surface area (Å²) in [6.07, 6.45) is 0.500. The third-order valence-electron chi connectivity index (χ3n) is 3.26. The number of hydrogen-bond donors (Lipinski definition) is 1. The zero-order valence-corrected chi connectivity index (χ0v) is 14.6. The Morgan fingerprint density at radius 2 is 1.81 bits per heavy atom. The Morgan fingerprint density at radius 1 is 1.10 bits per heavy atom. The van der Waals surface area contributed by atoms with Crippen molar-refractivity contribution in [2.75, 3.05) is 6.54 Å². The summed E-state index contributed by atoms with van der Waals surface area (Å²) in [6.45, 7) is 2.66. The molecule has 112 valence electrons. The molecule has 1 unspecified atom stereocenters. The lowest BCUT2D eigenvalue weighted by Crippen LogP contribution is -2.24. The smallest absolute Gasteiger partial charge is 0.142 e. The van der Waals surface area contributed by atoms with Crippen LogP contribution in [0.5, 0.6) is 0 Å². The fourth-order valence-corrected chi connectivity index (χ4v) is 3.06. The molecule has 1 N–H and O–H groups in total. The number of likely N-dealkylation sites (N-methyl/N-ethyl adjacent to an activating group) is 1. The molecular formula is C16H15Br2F2N. The van der Waals surface area contributed by atoms with Crippen LogP contribution in [-0.4, -0.2) is 6.54 Å². The summed E-state index contributed by atoms with van der Waals surface area (Å²) in [5.74, 6) is -0.589. The number of benzene rings is 2. The fraction of sp³-hybridized carbons (Fsp3) is 0.250. The van der Waals surface area contributed by atoms with E-state index >= 15 is 0 Å². The largest absolute Gasteiger partial charge is 0.310 e. The van der Waals surface area contributed by atoms with Crippen LogP contribution < -0.4 is 5.32 Å². The van der Waals surface area contributed by atoms with E-state index in [1.165, 1.54) is 6.07 Å². The Hall–Kier alpha value is -0.780. The van der Waals surface area contributed by atoms with E-state index in [9.17, 15) is 8.78 Å². The van der Waals surface area contributed by atoms with Crippen molar-refractivity contribution in [3.63, 3.8) is 0 Å². The van der Waals surface area contributed by atoms with Crippen molar-refractivity contribution in [3.8, 4) is 0 Å². The molecule has 0 bridgehead atoms. The Bertz CT molecular complexity index is 632. The maximum Gasteiger partial charge on any atom is 0.142 e. The number of hydrogen-bond acceptors (Lipinski definition) is 1. The molecule has 21 heavy (non-hydrogen) atoms. The van der Waals surface area contributed by atoms with Crippen molar-refractivity contribution in [2.45, 2.75) is 19.4 Å². The molecule has 5 heteroatoms. The predicted molar refractivity (Wildman–Crippen MR) is 88.3 cm³/mol. The van der Waals surface area contributed by atoms with Gasteiger partial charge in [-0.25, -0.2) is 8.78 Å². The monoisotopic (exact) mass is 417 g/mol. The maximum atomic E-state index is 14.3. The van der Waals surface area contributed by atoms with Crippen molar-refractivity contribution in [3.05, 3.63) is 68.1 Å². The molecule has 0 aliphatic carbocycles. The lowest BCUT2D eigenvalue weighted by molar-refractivity contribution is 0.505. The normalized spacial score (nSPS) is 12.4. The molecule has 0 radical (unpaired) electrons. The minimum absolute atomic E-state index is 0.217. The van der Waals surface area contributed by atoms with Gasteiger partial charge in [-0.1, -0.05) is 31.2 Å². The number of nitrogens with one attached hydrogen (secondary N) is 1. The third-order valence-corrected chi connectivity index (χ3v) is 4.76. The molecule has 0 spiro atoms. The van der Waals surface area contributed by atoms with E-state index in [2.05, 4.69) is 37.2 Å². The molecule has 2 aromatic rings. The first kappa shape index (κ1) is 16.6. The molecule has 0 amide bonds. The minimum atomic E-state index is -0.308. The van der Waals surface area contributed by atoms with Crippen LogP contribution in [0.15, 0.2) is 45.3 Å². The average molecular weight is 419 g/mol. The zero-order valence-electron chi connectivity index (χ0n) is 11.5. The van der Waals surface area contributed by atoms with Crippen LogP contribution in [0.2, 0.25) is 0 Å². The molecule has 0 fully saturated rings. The van der Waals surface area contributed by atoms with Gasteiger partial charge in [0, 0.05) is 11.6 Å². The first-order valence-electron chi connectivity index (χ1n) is 6.64. The molecule has 0 saturated heterocycles. The van der Waals surface area contributed by atoms with E-state index in [0.29, 0.717) is 27.5 Å². The quantitative estimate of drug-likeness (QED) is 0.686. The van der Waals surface area contributed by atoms with Crippen LogP contribution in [0.3, 0.4) is 0 Å². The van der Waals surface area contributed by atoms with Gasteiger partial charge < -0.3 is 5.32 Å². The second-order valence-corrected chi connectivity index (χ2v) is 6.32. The van der Waals surface area contributed by atoms with Crippen LogP contribution >= 0.6 is 31.9 Å². The number of halogens is 4. The molecule has 1 atom stereocenters. The molecule has 1 nitrogen and oxygen atoms in total. The highest BCUT2D eigenvalue weighted by atomic mass is 79.9. The first-order chi connectivity index (χ1) is 10.0. The van der Waals surface area contributed by atoms with E-state index in [-0.39, 0.29) is 17.7 Å². The highest BCUT2D eigenvalue weighted by Crippen LogP contribution is 2.29. The first-order valence-corrected chi connectivity index (χ1v) is 8.23. The molecule has 2 rings (SSSR count). The number of rotatable bonds is 5. The fourth-order valence-electron chi connectivity index (χ4n) is 2.25. The van der Waals surface area contributed by atoms with E-state index in [1.807, 2.05) is 13.0 Å². The summed E-state index contributed by atoms with van der Waals surface area (Å²) in [6, 6.07) is 9.90. The Labute approximate surface area is 140 Å². The Kier molecular flexibility index (Phi) is 5.90. The van der Waals surface area contributed by atoms with Crippen LogP contribution in [0.25, 0.3) is 0 Å². The molecule has 0 aliphatic rings. The Morgan fingerprint density at radius 3 is 2.52 bits per heavy atom. The van der Waals surface area contributed by atoms with Crippen molar-refractivity contribution < 1.29 is 8.78 Å². The van der Waals surface area contributed by atoms with Crippen LogP contribution in [0.1, 0.15) is 24.1 Å². The van der Waals surface area contributed by atoms with Gasteiger partial charge in [0.1, 0.15) is 11.6 Å². The van der Waals surface area contributed by atoms with Crippen molar-refractivity contribution in [2.24, 2.45) is 0 Å². The summed E-state index contributed by atoms with van der Waals surface area (Å²) in [4.78, 5) is 0. The average Bonchev–Trinajstić information content (AvgIpc) is 2.46. The summed E-state index contributed by atoms with van der Waals surface area (Å²) in [5, 5.41) is 3.26. The second-order valence-electron chi connectivity index (χ2n) is 4.67. The second kappa shape index (κ2) is 7.47. The van der Waals surface area contributed by atoms with Gasteiger partial charge in [-0.05, 0) is 62.5 Å². The molecule has 0 aliphatic heterocycles. The molecule has 0 aromatic heterocycles. The van der Waals surface area contributed by atoms with Gasteiger partial charge in [-0.3, -0.25) is 0 Å². The van der Waals surface area contributed by atoms with Crippen molar-refractivity contribution in [1.29, 1.82) is 0 Å². The van der Waals surface area contributed by atoms with Crippen molar-refractivity contribution in [1.82, 2.24) is 5.32 Å². The molecule has 2 aromatic carbocycles. The van der Waals surface area contributed by atoms with Gasteiger partial charge in [-0.2, -0.15) is 0 Å². The lowest BCUT2D eigenvalue weighted by atomic mass is 9.98. The van der Waals surface area contributed by atoms with E-state index < -0.39 is 0 Å². The highest BCUT2D eigenvalue weighted by Gasteiger charge is 2.18. The summed E-state index contributed by atoms with van der Waals surface area (Å²) in [5.41, 5.74) is 1.38. The summed E-state index contributed by atoms with van der Waals surface area (Å²) < 4.78 is 28.8. The predicted octanol–water partition coefficient (Wildman–Crippen LogP) is 5.38. The highest BCUT2D eigenvalue weighted by molar-refractivity contribution is 9.10. The SMILES string of the molecule is CCNC(Cc1cccc(F)c1Br)c1cccc(Br)c1F. The van der Waals surface area contributed by atoms with E-state index in [4.69, 9.17) is 0 Å². The molecular weight excluding hydrogens is 404 g/mol. The maximum absolute atomic E-state index is 14.3. The third kappa shape index (κ3) is 3.90. The molecule has 0 saturated carbocycles. The van der Waals surface area contributed by atoms with Gasteiger partial charge in [0.2, 0.25) is 0 Å². The van der Waals surface area contributed by atoms with Crippen LogP contribution in [0, 0.1) is 11.6 Å². The van der Waals surface area contributed by atoms with Gasteiger partial charge in [0.25, 0.3) is 0 Å². The van der Waals surface area contributed by atoms with Gasteiger partial charge in [0.15, 0.2) is 0 Å². The lowest BCUT2D eigenvalue weighted by Gasteiger charge is -2.20. The minimum Gasteiger partial charge on any atom is -0.310 e. The van der Waals surface area contributed by atoms with Crippen LogP contribution in [0.4, 0.5) is 8.78 Å². The van der Waals surface area contributed by atoms with E-state index in [0.717, 1.165) is 5.56 Å². The Balaban J connectivity index is 2.35. The zero-order chi connectivity index (χ0) is 15.4. The van der Waals surface area contributed by atoms with Crippen molar-refractivity contribution >= 4 is 31.9 Å². The standard InChI is InChI=1S/C16H15Br2F2N/c1-2-21-14(11-6-4-7-12(17)16(11)20)9-10-5-3-8-13(19)15(10)18/h3-8,14,21H,2,9H2,1H3.